The van der Waals surface area contributed by atoms with Gasteiger partial charge in [-0.2, -0.15) is 0 Å². The maximum atomic E-state index is 11.7. The van der Waals surface area contributed by atoms with Gasteiger partial charge >= 0.3 is 5.97 Å². The molecular weight excluding hydrogens is 254 g/mol. The van der Waals surface area contributed by atoms with Gasteiger partial charge in [-0.3, -0.25) is 9.69 Å². The fourth-order valence-corrected chi connectivity index (χ4v) is 5.20. The number of rotatable bonds is 4. The Morgan fingerprint density at radius 2 is 2.22 bits per heavy atom. The summed E-state index contributed by atoms with van der Waals surface area (Å²) in [6.07, 6.45) is 3.50. The molecule has 2 aliphatic rings. The van der Waals surface area contributed by atoms with Crippen LogP contribution in [0.25, 0.3) is 0 Å². The predicted molar refractivity (Wildman–Crippen MR) is 68.3 cm³/mol. The molecule has 18 heavy (non-hydrogen) atoms. The molecule has 2 heterocycles. The molecule has 5 nitrogen and oxygen atoms in total. The van der Waals surface area contributed by atoms with Gasteiger partial charge in [0.15, 0.2) is 9.84 Å². The van der Waals surface area contributed by atoms with Crippen molar-refractivity contribution in [3.8, 4) is 0 Å². The van der Waals surface area contributed by atoms with Gasteiger partial charge in [-0.1, -0.05) is 13.3 Å². The summed E-state index contributed by atoms with van der Waals surface area (Å²) in [6, 6.07) is -0.0971. The summed E-state index contributed by atoms with van der Waals surface area (Å²) in [7, 11) is -2.96. The van der Waals surface area contributed by atoms with Gasteiger partial charge in [-0.15, -0.1) is 0 Å². The Kier molecular flexibility index (Phi) is 3.69. The van der Waals surface area contributed by atoms with Crippen molar-refractivity contribution in [3.05, 3.63) is 0 Å². The Labute approximate surface area is 108 Å². The van der Waals surface area contributed by atoms with Crippen LogP contribution in [0.4, 0.5) is 0 Å². The van der Waals surface area contributed by atoms with Crippen molar-refractivity contribution in [2.45, 2.75) is 50.6 Å². The highest BCUT2D eigenvalue weighted by Crippen LogP contribution is 2.38. The van der Waals surface area contributed by atoms with Crippen molar-refractivity contribution < 1.29 is 18.3 Å². The molecule has 0 radical (unpaired) electrons. The third-order valence-electron chi connectivity index (χ3n) is 4.25. The first kappa shape index (κ1) is 13.8. The minimum absolute atomic E-state index is 0.0971. The van der Waals surface area contributed by atoms with Gasteiger partial charge in [0.1, 0.15) is 5.54 Å². The van der Waals surface area contributed by atoms with E-state index in [1.54, 1.807) is 0 Å². The standard InChI is InChI=1S/C12H21NO4S/c1-2-5-12(11(14)15)6-3-7-13(12)10-4-8-18(16,17)9-10/h10H,2-9H2,1H3,(H,14,15). The third-order valence-corrected chi connectivity index (χ3v) is 6.00. The second kappa shape index (κ2) is 4.81. The van der Waals surface area contributed by atoms with Crippen LogP contribution in [-0.2, 0) is 14.6 Å². The Balaban J connectivity index is 2.23. The minimum atomic E-state index is -2.96. The Hall–Kier alpha value is -0.620. The van der Waals surface area contributed by atoms with E-state index in [0.29, 0.717) is 25.8 Å². The predicted octanol–water partition coefficient (Wildman–Crippen LogP) is 0.893. The highest BCUT2D eigenvalue weighted by molar-refractivity contribution is 7.91. The lowest BCUT2D eigenvalue weighted by Crippen LogP contribution is -2.55. The summed E-state index contributed by atoms with van der Waals surface area (Å²) in [5.41, 5.74) is -0.820. The molecule has 0 aliphatic carbocycles. The molecule has 0 amide bonds. The molecule has 0 aromatic heterocycles. The molecule has 2 fully saturated rings. The fraction of sp³-hybridized carbons (Fsp3) is 0.917. The number of aliphatic carboxylic acids is 1. The van der Waals surface area contributed by atoms with E-state index in [-0.39, 0.29) is 17.5 Å². The molecule has 2 rings (SSSR count). The molecule has 1 N–H and O–H groups in total. The molecule has 0 aromatic carbocycles. The lowest BCUT2D eigenvalue weighted by molar-refractivity contribution is -0.151. The first-order chi connectivity index (χ1) is 8.41. The van der Waals surface area contributed by atoms with Crippen molar-refractivity contribution in [1.82, 2.24) is 4.90 Å². The van der Waals surface area contributed by atoms with Crippen molar-refractivity contribution in [3.63, 3.8) is 0 Å². The van der Waals surface area contributed by atoms with Crippen molar-refractivity contribution in [2.75, 3.05) is 18.1 Å². The maximum absolute atomic E-state index is 11.7. The van der Waals surface area contributed by atoms with E-state index in [1.807, 2.05) is 11.8 Å². The van der Waals surface area contributed by atoms with Crippen LogP contribution in [0.1, 0.15) is 39.0 Å². The third kappa shape index (κ3) is 2.28. The average molecular weight is 275 g/mol. The zero-order valence-electron chi connectivity index (χ0n) is 10.8. The number of hydrogen-bond acceptors (Lipinski definition) is 4. The van der Waals surface area contributed by atoms with Gasteiger partial charge in [0.05, 0.1) is 11.5 Å². The second-order valence-electron chi connectivity index (χ2n) is 5.44. The van der Waals surface area contributed by atoms with E-state index in [1.165, 1.54) is 0 Å². The average Bonchev–Trinajstić information content (AvgIpc) is 2.83. The first-order valence-electron chi connectivity index (χ1n) is 6.62. The zero-order valence-corrected chi connectivity index (χ0v) is 11.6. The molecule has 2 atom stereocenters. The summed E-state index contributed by atoms with van der Waals surface area (Å²) in [5, 5.41) is 9.56. The number of carboxylic acid groups (broad SMARTS) is 1. The van der Waals surface area contributed by atoms with Gasteiger partial charge in [0.2, 0.25) is 0 Å². The van der Waals surface area contributed by atoms with Gasteiger partial charge in [-0.25, -0.2) is 8.42 Å². The highest BCUT2D eigenvalue weighted by Gasteiger charge is 2.51. The van der Waals surface area contributed by atoms with E-state index in [4.69, 9.17) is 0 Å². The molecule has 0 spiro atoms. The van der Waals surface area contributed by atoms with Crippen molar-refractivity contribution in [2.24, 2.45) is 0 Å². The molecule has 0 saturated carbocycles. The molecule has 2 aliphatic heterocycles. The summed E-state index contributed by atoms with van der Waals surface area (Å²) >= 11 is 0. The summed E-state index contributed by atoms with van der Waals surface area (Å²) in [6.45, 7) is 2.69. The number of likely N-dealkylation sites (tertiary alicyclic amines) is 1. The van der Waals surface area contributed by atoms with E-state index >= 15 is 0 Å². The van der Waals surface area contributed by atoms with Crippen LogP contribution in [0.15, 0.2) is 0 Å². The Bertz CT molecular complexity index is 433. The molecule has 6 heteroatoms. The Morgan fingerprint density at radius 3 is 2.72 bits per heavy atom. The molecule has 0 aromatic rings. The molecule has 104 valence electrons. The number of nitrogens with zero attached hydrogens (tertiary/aromatic N) is 1. The van der Waals surface area contributed by atoms with E-state index in [2.05, 4.69) is 0 Å². The lowest BCUT2D eigenvalue weighted by atomic mass is 9.89. The SMILES string of the molecule is CCCC1(C(=O)O)CCCN1C1CCS(=O)(=O)C1. The van der Waals surface area contributed by atoms with Gasteiger partial charge in [0.25, 0.3) is 0 Å². The van der Waals surface area contributed by atoms with Crippen LogP contribution >= 0.6 is 0 Å². The van der Waals surface area contributed by atoms with E-state index in [0.717, 1.165) is 12.8 Å². The monoisotopic (exact) mass is 275 g/mol. The zero-order chi connectivity index (χ0) is 13.4. The fourth-order valence-electron chi connectivity index (χ4n) is 3.47. The van der Waals surface area contributed by atoms with Crippen LogP contribution in [0.2, 0.25) is 0 Å². The number of hydrogen-bond donors (Lipinski definition) is 1. The molecule has 2 saturated heterocycles. The van der Waals surface area contributed by atoms with Crippen LogP contribution < -0.4 is 0 Å². The quantitative estimate of drug-likeness (QED) is 0.825. The largest absolute Gasteiger partial charge is 0.480 e. The van der Waals surface area contributed by atoms with Crippen LogP contribution in [-0.4, -0.2) is 54.0 Å². The molecule has 2 unspecified atom stereocenters. The Morgan fingerprint density at radius 1 is 1.50 bits per heavy atom. The van der Waals surface area contributed by atoms with Crippen LogP contribution in [0.5, 0.6) is 0 Å². The summed E-state index contributed by atoms with van der Waals surface area (Å²) in [4.78, 5) is 13.6. The number of carboxylic acids is 1. The minimum Gasteiger partial charge on any atom is -0.480 e. The van der Waals surface area contributed by atoms with Gasteiger partial charge in [0, 0.05) is 6.04 Å². The van der Waals surface area contributed by atoms with Crippen LogP contribution in [0, 0.1) is 0 Å². The number of carbonyl (C=O) groups is 1. The lowest BCUT2D eigenvalue weighted by Gasteiger charge is -2.38. The van der Waals surface area contributed by atoms with Crippen LogP contribution in [0.3, 0.4) is 0 Å². The summed E-state index contributed by atoms with van der Waals surface area (Å²) < 4.78 is 23.1. The second-order valence-corrected chi connectivity index (χ2v) is 7.67. The van der Waals surface area contributed by atoms with Crippen molar-refractivity contribution >= 4 is 15.8 Å². The summed E-state index contributed by atoms with van der Waals surface area (Å²) in [5.74, 6) is -0.451. The smallest absolute Gasteiger partial charge is 0.324 e. The first-order valence-corrected chi connectivity index (χ1v) is 8.44. The van der Waals surface area contributed by atoms with Gasteiger partial charge in [-0.05, 0) is 32.2 Å². The van der Waals surface area contributed by atoms with E-state index in [9.17, 15) is 18.3 Å². The molecule has 0 bridgehead atoms. The van der Waals surface area contributed by atoms with Gasteiger partial charge < -0.3 is 5.11 Å². The van der Waals surface area contributed by atoms with Crippen molar-refractivity contribution in [1.29, 1.82) is 0 Å². The topological polar surface area (TPSA) is 74.7 Å². The maximum Gasteiger partial charge on any atom is 0.324 e. The highest BCUT2D eigenvalue weighted by atomic mass is 32.2. The van der Waals surface area contributed by atoms with E-state index < -0.39 is 21.3 Å². The normalized spacial score (nSPS) is 35.9. The number of sulfone groups is 1. The molecular formula is C12H21NO4S.